The molecule has 0 amide bonds. The van der Waals surface area contributed by atoms with E-state index in [1.807, 2.05) is 49.5 Å². The van der Waals surface area contributed by atoms with Gasteiger partial charge in [0, 0.05) is 24.8 Å². The van der Waals surface area contributed by atoms with Crippen LogP contribution in [0.2, 0.25) is 0 Å². The van der Waals surface area contributed by atoms with E-state index in [4.69, 9.17) is 9.84 Å². The normalized spacial score (nSPS) is 9.67. The number of benzene rings is 2. The second kappa shape index (κ2) is 7.37. The monoisotopic (exact) mass is 281 g/mol. The summed E-state index contributed by atoms with van der Waals surface area (Å²) in [6.45, 7) is 0.678. The van der Waals surface area contributed by atoms with E-state index in [2.05, 4.69) is 22.8 Å². The second-order valence-corrected chi connectivity index (χ2v) is 4.71. The summed E-state index contributed by atoms with van der Waals surface area (Å²) in [5.41, 5.74) is 3.23. The number of hydrogen-bond donors (Lipinski definition) is 1. The summed E-state index contributed by atoms with van der Waals surface area (Å²) in [5, 5.41) is 8.74. The number of ether oxygens (including phenoxy) is 1. The van der Waals surface area contributed by atoms with Crippen LogP contribution in [0.3, 0.4) is 0 Å². The van der Waals surface area contributed by atoms with Crippen molar-refractivity contribution in [3.63, 3.8) is 0 Å². The van der Waals surface area contributed by atoms with Gasteiger partial charge < -0.3 is 14.7 Å². The van der Waals surface area contributed by atoms with Crippen LogP contribution in [0.5, 0.6) is 5.75 Å². The van der Waals surface area contributed by atoms with Crippen LogP contribution in [0.25, 0.3) is 0 Å². The predicted molar refractivity (Wildman–Crippen MR) is 85.5 cm³/mol. The summed E-state index contributed by atoms with van der Waals surface area (Å²) in [7, 11) is 3.71. The molecule has 1 N–H and O–H groups in total. The molecule has 0 atom stereocenters. The van der Waals surface area contributed by atoms with E-state index in [0.717, 1.165) is 23.5 Å². The topological polar surface area (TPSA) is 32.7 Å². The molecule has 0 aliphatic heterocycles. The van der Waals surface area contributed by atoms with Crippen LogP contribution in [0, 0.1) is 11.8 Å². The van der Waals surface area contributed by atoms with Crippen LogP contribution in [-0.4, -0.2) is 25.9 Å². The lowest BCUT2D eigenvalue weighted by Crippen LogP contribution is -2.16. The van der Waals surface area contributed by atoms with Crippen LogP contribution in [0.1, 0.15) is 11.1 Å². The fraction of sp³-hybridized carbons (Fsp3) is 0.222. The summed E-state index contributed by atoms with van der Waals surface area (Å²) in [5.74, 6) is 6.45. The van der Waals surface area contributed by atoms with Gasteiger partial charge in [-0.05, 0) is 42.0 Å². The Morgan fingerprint density at radius 1 is 1.14 bits per heavy atom. The zero-order chi connectivity index (χ0) is 15.1. The number of anilines is 1. The van der Waals surface area contributed by atoms with Crippen molar-refractivity contribution in [2.75, 3.05) is 25.7 Å². The Labute approximate surface area is 125 Å². The number of hydrogen-bond acceptors (Lipinski definition) is 3. The van der Waals surface area contributed by atoms with Gasteiger partial charge in [-0.3, -0.25) is 0 Å². The molecular weight excluding hydrogens is 262 g/mol. The molecule has 0 aromatic heterocycles. The molecule has 2 aromatic rings. The van der Waals surface area contributed by atoms with E-state index in [1.165, 1.54) is 5.56 Å². The van der Waals surface area contributed by atoms with Crippen LogP contribution in [0.4, 0.5) is 5.69 Å². The highest BCUT2D eigenvalue weighted by molar-refractivity contribution is 5.49. The largest absolute Gasteiger partial charge is 0.497 e. The van der Waals surface area contributed by atoms with Crippen molar-refractivity contribution in [1.29, 1.82) is 0 Å². The van der Waals surface area contributed by atoms with Crippen LogP contribution in [-0.2, 0) is 6.54 Å². The Morgan fingerprint density at radius 3 is 2.57 bits per heavy atom. The molecule has 0 saturated heterocycles. The first-order chi connectivity index (χ1) is 10.2. The minimum Gasteiger partial charge on any atom is -0.497 e. The molecule has 0 aliphatic carbocycles. The van der Waals surface area contributed by atoms with Gasteiger partial charge in [-0.1, -0.05) is 24.0 Å². The first kappa shape index (κ1) is 15.0. The molecule has 3 nitrogen and oxygen atoms in total. The molecule has 3 heteroatoms. The fourth-order valence-electron chi connectivity index (χ4n) is 2.09. The minimum absolute atomic E-state index is 0.115. The predicted octanol–water partition coefficient (Wildman–Crippen LogP) is 2.68. The van der Waals surface area contributed by atoms with E-state index in [-0.39, 0.29) is 6.61 Å². The van der Waals surface area contributed by atoms with Gasteiger partial charge in [0.1, 0.15) is 12.4 Å². The summed E-state index contributed by atoms with van der Waals surface area (Å²) in [6, 6.07) is 16.0. The molecule has 0 fully saturated rings. The first-order valence-corrected chi connectivity index (χ1v) is 6.77. The Kier molecular flexibility index (Phi) is 5.25. The first-order valence-electron chi connectivity index (χ1n) is 6.77. The van der Waals surface area contributed by atoms with E-state index >= 15 is 0 Å². The zero-order valence-electron chi connectivity index (χ0n) is 12.3. The number of aliphatic hydroxyl groups is 1. The van der Waals surface area contributed by atoms with Gasteiger partial charge in [0.15, 0.2) is 0 Å². The quantitative estimate of drug-likeness (QED) is 0.875. The highest BCUT2D eigenvalue weighted by atomic mass is 16.5. The summed E-state index contributed by atoms with van der Waals surface area (Å²) in [4.78, 5) is 2.16. The van der Waals surface area contributed by atoms with Crippen molar-refractivity contribution in [2.24, 2.45) is 0 Å². The third-order valence-corrected chi connectivity index (χ3v) is 3.17. The van der Waals surface area contributed by atoms with Gasteiger partial charge in [-0.15, -0.1) is 0 Å². The lowest BCUT2D eigenvalue weighted by Gasteiger charge is -2.19. The van der Waals surface area contributed by atoms with Crippen LogP contribution < -0.4 is 9.64 Å². The van der Waals surface area contributed by atoms with Gasteiger partial charge in [0.25, 0.3) is 0 Å². The average Bonchev–Trinajstić information content (AvgIpc) is 2.53. The molecule has 0 saturated carbocycles. The second-order valence-electron chi connectivity index (χ2n) is 4.71. The van der Waals surface area contributed by atoms with E-state index in [0.29, 0.717) is 0 Å². The van der Waals surface area contributed by atoms with Crippen molar-refractivity contribution >= 4 is 5.69 Å². The zero-order valence-corrected chi connectivity index (χ0v) is 12.3. The maximum Gasteiger partial charge on any atom is 0.119 e. The molecule has 21 heavy (non-hydrogen) atoms. The van der Waals surface area contributed by atoms with Crippen molar-refractivity contribution in [3.05, 3.63) is 59.7 Å². The summed E-state index contributed by atoms with van der Waals surface area (Å²) < 4.78 is 5.17. The number of rotatable bonds is 4. The molecule has 0 bridgehead atoms. The molecule has 0 spiro atoms. The third kappa shape index (κ3) is 4.27. The molecule has 2 rings (SSSR count). The van der Waals surface area contributed by atoms with Crippen molar-refractivity contribution in [2.45, 2.75) is 6.54 Å². The highest BCUT2D eigenvalue weighted by Gasteiger charge is 2.03. The maximum absolute atomic E-state index is 8.74. The van der Waals surface area contributed by atoms with Gasteiger partial charge in [0.05, 0.1) is 7.11 Å². The SMILES string of the molecule is COc1ccc(N(C)Cc2cccc(C#CCO)c2)cc1. The Hall–Kier alpha value is -2.44. The molecule has 2 aromatic carbocycles. The standard InChI is InChI=1S/C18H19NO2/c1-19(17-8-10-18(21-2)11-9-17)14-16-6-3-5-15(13-16)7-4-12-20/h3,5-6,8-11,13,20H,12,14H2,1-2H3. The van der Waals surface area contributed by atoms with Crippen LogP contribution in [0.15, 0.2) is 48.5 Å². The lowest BCUT2D eigenvalue weighted by atomic mass is 10.1. The number of nitrogens with zero attached hydrogens (tertiary/aromatic N) is 1. The molecule has 0 unspecified atom stereocenters. The molecule has 108 valence electrons. The Balaban J connectivity index is 2.09. The Morgan fingerprint density at radius 2 is 1.90 bits per heavy atom. The van der Waals surface area contributed by atoms with Gasteiger partial charge >= 0.3 is 0 Å². The molecule has 0 heterocycles. The number of aliphatic hydroxyl groups excluding tert-OH is 1. The molecule has 0 radical (unpaired) electrons. The van der Waals surface area contributed by atoms with Crippen LogP contribution >= 0.6 is 0 Å². The van der Waals surface area contributed by atoms with Crippen molar-refractivity contribution < 1.29 is 9.84 Å². The fourth-order valence-corrected chi connectivity index (χ4v) is 2.09. The maximum atomic E-state index is 8.74. The van der Waals surface area contributed by atoms with Crippen molar-refractivity contribution in [1.82, 2.24) is 0 Å². The summed E-state index contributed by atoms with van der Waals surface area (Å²) in [6.07, 6.45) is 0. The molecule has 0 aliphatic rings. The Bertz CT molecular complexity index is 638. The summed E-state index contributed by atoms with van der Waals surface area (Å²) >= 11 is 0. The van der Waals surface area contributed by atoms with E-state index < -0.39 is 0 Å². The lowest BCUT2D eigenvalue weighted by molar-refractivity contribution is 0.350. The average molecular weight is 281 g/mol. The third-order valence-electron chi connectivity index (χ3n) is 3.17. The number of methoxy groups -OCH3 is 1. The smallest absolute Gasteiger partial charge is 0.119 e. The van der Waals surface area contributed by atoms with Crippen molar-refractivity contribution in [3.8, 4) is 17.6 Å². The van der Waals surface area contributed by atoms with Gasteiger partial charge in [-0.2, -0.15) is 0 Å². The van der Waals surface area contributed by atoms with E-state index in [1.54, 1.807) is 7.11 Å². The van der Waals surface area contributed by atoms with Gasteiger partial charge in [-0.25, -0.2) is 0 Å². The highest BCUT2D eigenvalue weighted by Crippen LogP contribution is 2.20. The minimum atomic E-state index is -0.115. The molecular formula is C18H19NO2. The van der Waals surface area contributed by atoms with Gasteiger partial charge in [0.2, 0.25) is 0 Å². The van der Waals surface area contributed by atoms with E-state index in [9.17, 15) is 0 Å².